The van der Waals surface area contributed by atoms with Crippen LogP contribution >= 0.6 is 0 Å². The SMILES string of the molecule is Cc1ccc(S(=O)(=O)[C@@H]2[C@@H](c3ccc(O)cc3)N(C)O[C@]23C(C)(C)C3(F)F)cc1. The molecule has 1 saturated heterocycles. The number of hydroxylamine groups is 2. The Hall–Kier alpha value is -2.03. The Morgan fingerprint density at radius 3 is 2.03 bits per heavy atom. The highest BCUT2D eigenvalue weighted by Crippen LogP contribution is 2.77. The van der Waals surface area contributed by atoms with Crippen LogP contribution in [0.5, 0.6) is 5.75 Å². The van der Waals surface area contributed by atoms with E-state index >= 15 is 8.78 Å². The topological polar surface area (TPSA) is 66.8 Å². The molecular weight excluding hydrogens is 400 g/mol. The Morgan fingerprint density at radius 2 is 1.55 bits per heavy atom. The first-order chi connectivity index (χ1) is 13.4. The van der Waals surface area contributed by atoms with Crippen LogP contribution in [0.15, 0.2) is 53.4 Å². The molecule has 1 heterocycles. The van der Waals surface area contributed by atoms with Crippen molar-refractivity contribution in [2.45, 2.75) is 48.5 Å². The van der Waals surface area contributed by atoms with Gasteiger partial charge in [-0.15, -0.1) is 0 Å². The molecule has 0 radical (unpaired) electrons. The third-order valence-electron chi connectivity index (χ3n) is 6.40. The zero-order valence-electron chi connectivity index (χ0n) is 16.6. The molecule has 1 spiro atoms. The van der Waals surface area contributed by atoms with Crippen LogP contribution < -0.4 is 0 Å². The Balaban J connectivity index is 1.93. The van der Waals surface area contributed by atoms with E-state index in [0.29, 0.717) is 5.56 Å². The quantitative estimate of drug-likeness (QED) is 0.812. The van der Waals surface area contributed by atoms with Gasteiger partial charge >= 0.3 is 0 Å². The normalized spacial score (nSPS) is 30.6. The summed E-state index contributed by atoms with van der Waals surface area (Å²) in [5, 5.41) is 9.28. The van der Waals surface area contributed by atoms with Crippen molar-refractivity contribution in [1.29, 1.82) is 0 Å². The van der Waals surface area contributed by atoms with Gasteiger partial charge < -0.3 is 5.11 Å². The van der Waals surface area contributed by atoms with E-state index in [1.54, 1.807) is 12.1 Å². The van der Waals surface area contributed by atoms with Gasteiger partial charge in [-0.25, -0.2) is 17.2 Å². The van der Waals surface area contributed by atoms with Crippen LogP contribution in [0.25, 0.3) is 0 Å². The standard InChI is InChI=1S/C21H23F2NO4S/c1-13-5-11-16(12-6-13)29(26,27)18-17(14-7-9-15(25)10-8-14)24(4)28-20(18)19(2,3)21(20,22)23/h5-12,17-18,25H,1-4H3/t17-,18-,20+/m1/s1. The molecule has 156 valence electrons. The number of rotatable bonds is 3. The summed E-state index contributed by atoms with van der Waals surface area (Å²) >= 11 is 0. The molecule has 3 atom stereocenters. The summed E-state index contributed by atoms with van der Waals surface area (Å²) in [6.07, 6.45) is 0. The lowest BCUT2D eigenvalue weighted by atomic mass is 9.95. The van der Waals surface area contributed by atoms with E-state index < -0.39 is 38.1 Å². The van der Waals surface area contributed by atoms with Crippen LogP contribution in [0, 0.1) is 12.3 Å². The van der Waals surface area contributed by atoms with Crippen molar-refractivity contribution in [2.75, 3.05) is 7.05 Å². The van der Waals surface area contributed by atoms with Crippen LogP contribution in [0.2, 0.25) is 0 Å². The molecule has 0 amide bonds. The van der Waals surface area contributed by atoms with Gasteiger partial charge in [-0.2, -0.15) is 5.06 Å². The number of nitrogens with zero attached hydrogens (tertiary/aromatic N) is 1. The maximum atomic E-state index is 15.1. The molecule has 2 aromatic rings. The van der Waals surface area contributed by atoms with Crippen LogP contribution in [0.4, 0.5) is 8.78 Å². The van der Waals surface area contributed by atoms with E-state index in [0.717, 1.165) is 5.56 Å². The van der Waals surface area contributed by atoms with Gasteiger partial charge in [0.2, 0.25) is 0 Å². The lowest BCUT2D eigenvalue weighted by Gasteiger charge is -2.24. The second-order valence-corrected chi connectivity index (χ2v) is 10.5. The van der Waals surface area contributed by atoms with Gasteiger partial charge in [0.1, 0.15) is 11.0 Å². The lowest BCUT2D eigenvalue weighted by molar-refractivity contribution is -0.183. The number of phenols is 1. The summed E-state index contributed by atoms with van der Waals surface area (Å²) in [5.74, 6) is -3.33. The van der Waals surface area contributed by atoms with Crippen molar-refractivity contribution in [3.63, 3.8) is 0 Å². The number of halogens is 2. The number of aryl methyl sites for hydroxylation is 1. The van der Waals surface area contributed by atoms with E-state index in [9.17, 15) is 13.5 Å². The van der Waals surface area contributed by atoms with Crippen molar-refractivity contribution in [1.82, 2.24) is 5.06 Å². The molecule has 1 aliphatic heterocycles. The first kappa shape index (κ1) is 20.3. The fraction of sp³-hybridized carbons (Fsp3) is 0.429. The third kappa shape index (κ3) is 2.45. The molecule has 2 aromatic carbocycles. The molecule has 1 saturated carbocycles. The molecule has 1 N–H and O–H groups in total. The minimum absolute atomic E-state index is 0.0000509. The minimum Gasteiger partial charge on any atom is -0.508 e. The molecule has 0 unspecified atom stereocenters. The summed E-state index contributed by atoms with van der Waals surface area (Å²) in [6, 6.07) is 11.1. The number of sulfone groups is 1. The van der Waals surface area contributed by atoms with Crippen LogP contribution in [-0.2, 0) is 14.7 Å². The summed E-state index contributed by atoms with van der Waals surface area (Å²) < 4.78 is 57.6. The lowest BCUT2D eigenvalue weighted by Crippen LogP contribution is -2.41. The van der Waals surface area contributed by atoms with E-state index in [-0.39, 0.29) is 10.6 Å². The van der Waals surface area contributed by atoms with Crippen molar-refractivity contribution >= 4 is 9.84 Å². The second kappa shape index (κ2) is 6.00. The molecule has 2 aliphatic rings. The number of alkyl halides is 2. The van der Waals surface area contributed by atoms with E-state index in [4.69, 9.17) is 4.84 Å². The maximum absolute atomic E-state index is 15.1. The summed E-state index contributed by atoms with van der Waals surface area (Å²) in [7, 11) is -2.73. The molecular formula is C21H23F2NO4S. The first-order valence-electron chi connectivity index (χ1n) is 9.27. The predicted molar refractivity (Wildman–Crippen MR) is 103 cm³/mol. The molecule has 4 rings (SSSR count). The van der Waals surface area contributed by atoms with E-state index in [1.807, 2.05) is 6.92 Å². The van der Waals surface area contributed by atoms with Gasteiger partial charge in [0.25, 0.3) is 5.92 Å². The second-order valence-electron chi connectivity index (χ2n) is 8.39. The Labute approximate surface area is 168 Å². The molecule has 5 nitrogen and oxygen atoms in total. The van der Waals surface area contributed by atoms with Crippen molar-refractivity contribution in [3.05, 3.63) is 59.7 Å². The third-order valence-corrected chi connectivity index (χ3v) is 8.59. The fourth-order valence-corrected chi connectivity index (χ4v) is 6.94. The monoisotopic (exact) mass is 423 g/mol. The minimum atomic E-state index is -4.19. The zero-order chi connectivity index (χ0) is 21.4. The van der Waals surface area contributed by atoms with Gasteiger partial charge in [-0.1, -0.05) is 43.7 Å². The molecule has 1 aliphatic carbocycles. The van der Waals surface area contributed by atoms with Gasteiger partial charge in [-0.3, -0.25) is 4.84 Å². The summed E-state index contributed by atoms with van der Waals surface area (Å²) in [6.45, 7) is 4.48. The summed E-state index contributed by atoms with van der Waals surface area (Å²) in [4.78, 5) is 5.65. The van der Waals surface area contributed by atoms with Crippen LogP contribution in [0.3, 0.4) is 0 Å². The average Bonchev–Trinajstić information content (AvgIpc) is 2.90. The highest BCUT2D eigenvalue weighted by atomic mass is 32.2. The van der Waals surface area contributed by atoms with Crippen LogP contribution in [0.1, 0.15) is 31.0 Å². The number of hydrogen-bond donors (Lipinski definition) is 1. The maximum Gasteiger partial charge on any atom is 0.288 e. The number of hydrogen-bond acceptors (Lipinski definition) is 5. The van der Waals surface area contributed by atoms with Gasteiger partial charge in [0, 0.05) is 7.05 Å². The molecule has 8 heteroatoms. The smallest absolute Gasteiger partial charge is 0.288 e. The van der Waals surface area contributed by atoms with Crippen LogP contribution in [-0.4, -0.2) is 42.4 Å². The zero-order valence-corrected chi connectivity index (χ0v) is 17.4. The summed E-state index contributed by atoms with van der Waals surface area (Å²) in [5.41, 5.74) is -2.50. The molecule has 29 heavy (non-hydrogen) atoms. The van der Waals surface area contributed by atoms with Crippen molar-refractivity contribution < 1.29 is 27.1 Å². The van der Waals surface area contributed by atoms with Crippen molar-refractivity contribution in [3.8, 4) is 5.75 Å². The van der Waals surface area contributed by atoms with Crippen molar-refractivity contribution in [2.24, 2.45) is 5.41 Å². The molecule has 0 aromatic heterocycles. The van der Waals surface area contributed by atoms with E-state index in [2.05, 4.69) is 0 Å². The number of aromatic hydroxyl groups is 1. The Morgan fingerprint density at radius 1 is 1.03 bits per heavy atom. The first-order valence-corrected chi connectivity index (χ1v) is 10.8. The number of benzene rings is 2. The van der Waals surface area contributed by atoms with Gasteiger partial charge in [0.15, 0.2) is 15.4 Å². The Bertz CT molecular complexity index is 1040. The highest BCUT2D eigenvalue weighted by molar-refractivity contribution is 7.92. The molecule has 0 bridgehead atoms. The average molecular weight is 423 g/mol. The predicted octanol–water partition coefficient (Wildman–Crippen LogP) is 3.88. The highest BCUT2D eigenvalue weighted by Gasteiger charge is 2.95. The number of phenolic OH excluding ortho intramolecular Hbond substituents is 1. The van der Waals surface area contributed by atoms with Gasteiger partial charge in [0.05, 0.1) is 16.4 Å². The van der Waals surface area contributed by atoms with Gasteiger partial charge in [-0.05, 0) is 36.8 Å². The Kier molecular flexibility index (Phi) is 4.19. The fourth-order valence-electron chi connectivity index (χ4n) is 4.54. The van der Waals surface area contributed by atoms with E-state index in [1.165, 1.54) is 62.4 Å². The largest absolute Gasteiger partial charge is 0.508 e. The molecule has 2 fully saturated rings.